The van der Waals surface area contributed by atoms with Gasteiger partial charge in [0.1, 0.15) is 0 Å². The van der Waals surface area contributed by atoms with Crippen LogP contribution in [-0.2, 0) is 0 Å². The van der Waals surface area contributed by atoms with Crippen LogP contribution in [0, 0.1) is 66.6 Å². The molecule has 6 heavy (non-hydrogen) atoms. The second kappa shape index (κ2) is 81.8. The summed E-state index contributed by atoms with van der Waals surface area (Å²) in [6, 6.07) is 0. The Bertz CT molecular complexity index is 7.51. The van der Waals surface area contributed by atoms with Gasteiger partial charge < -0.3 is 29.7 Å². The summed E-state index contributed by atoms with van der Waals surface area (Å²) in [7, 11) is 0. The molecule has 0 spiro atoms. The molecule has 0 amide bonds. The van der Waals surface area contributed by atoms with E-state index < -0.39 is 0 Å². The zero-order valence-corrected chi connectivity index (χ0v) is 7.56. The fourth-order valence-corrected chi connectivity index (χ4v) is 0. The Balaban J connectivity index is 0. The first-order valence-electron chi connectivity index (χ1n) is 0. The molecular weight excluding hydrogens is 249 g/mol. The molecule has 0 saturated heterocycles. The summed E-state index contributed by atoms with van der Waals surface area (Å²) in [5.74, 6) is 0. The van der Waals surface area contributed by atoms with Gasteiger partial charge in [-0.05, 0) is 0 Å². The van der Waals surface area contributed by atoms with Gasteiger partial charge in [0.15, 0.2) is 0 Å². The molecule has 0 nitrogen and oxygen atoms in total. The van der Waals surface area contributed by atoms with Crippen molar-refractivity contribution in [2.45, 2.75) is 0 Å². The van der Waals surface area contributed by atoms with Crippen LogP contribution in [0.25, 0.3) is 0 Å². The molecule has 1 radical (unpaired) electrons. The average Bonchev–Trinajstić information content (AvgIpc) is 0. The molecule has 0 N–H and O–H groups in total. The Morgan fingerprint density at radius 1 is 0.500 bits per heavy atom. The smallest absolute Gasteiger partial charge is 0 e. The molecule has 2 heteroatoms. The molecule has 0 aromatic heterocycles. The van der Waals surface area contributed by atoms with Crippen molar-refractivity contribution in [1.29, 1.82) is 0 Å². The quantitative estimate of drug-likeness (QED) is 0.586. The second-order valence-corrected chi connectivity index (χ2v) is 0. The van der Waals surface area contributed by atoms with Crippen LogP contribution in [0.4, 0.5) is 0 Å². The van der Waals surface area contributed by atoms with Crippen molar-refractivity contribution in [3.8, 4) is 0 Å². The van der Waals surface area contributed by atoms with Gasteiger partial charge in [0.05, 0.1) is 0 Å². The predicted octanol–water partition coefficient (Wildman–Crippen LogP) is 1.91. The van der Waals surface area contributed by atoms with Crippen molar-refractivity contribution in [1.82, 2.24) is 0 Å². The van der Waals surface area contributed by atoms with Crippen LogP contribution in [0.2, 0.25) is 0 Å². The summed E-state index contributed by atoms with van der Waals surface area (Å²) in [6.07, 6.45) is 0. The Hall–Kier alpha value is 1.58. The van der Waals surface area contributed by atoms with Gasteiger partial charge in [-0.3, -0.25) is 0 Å². The van der Waals surface area contributed by atoms with Crippen molar-refractivity contribution in [2.75, 3.05) is 0 Å². The van der Waals surface area contributed by atoms with Gasteiger partial charge >= 0.3 is 0 Å². The van der Waals surface area contributed by atoms with Gasteiger partial charge in [-0.1, -0.05) is 0 Å². The minimum Gasteiger partial charge on any atom is -0.358 e. The summed E-state index contributed by atoms with van der Waals surface area (Å²) < 4.78 is 0. The molecule has 0 bridgehead atoms. The maximum Gasteiger partial charge on any atom is 0 e. The summed E-state index contributed by atoms with van der Waals surface area (Å²) in [5.41, 5.74) is 0. The third-order valence-corrected chi connectivity index (χ3v) is 0. The van der Waals surface area contributed by atoms with Gasteiger partial charge in [0.25, 0.3) is 0 Å². The van der Waals surface area contributed by atoms with Crippen molar-refractivity contribution < 1.29 is 36.9 Å². The van der Waals surface area contributed by atoms with E-state index in [2.05, 4.69) is 0 Å². The molecule has 0 aliphatic carbocycles. The van der Waals surface area contributed by atoms with E-state index >= 15 is 0 Å². The second-order valence-electron chi connectivity index (χ2n) is 0. The van der Waals surface area contributed by atoms with Crippen molar-refractivity contribution >= 4 is 13.5 Å². The first kappa shape index (κ1) is 131. The average molecular weight is 263 g/mol. The summed E-state index contributed by atoms with van der Waals surface area (Å²) >= 11 is 0. The summed E-state index contributed by atoms with van der Waals surface area (Å²) in [6.45, 7) is 0. The Morgan fingerprint density at radius 3 is 0.500 bits per heavy atom. The molecule has 0 aliphatic heterocycles. The standard InChI is InChI=1S/4CH3.H2S.Tm/h4*1H3;1H2;/q4*-1;;. The Morgan fingerprint density at radius 2 is 0.500 bits per heavy atom. The third kappa shape index (κ3) is 46.8. The van der Waals surface area contributed by atoms with Crippen molar-refractivity contribution in [3.05, 3.63) is 29.7 Å². The van der Waals surface area contributed by atoms with E-state index in [1.54, 1.807) is 0 Å². The monoisotopic (exact) mass is 263 g/mol. The summed E-state index contributed by atoms with van der Waals surface area (Å²) in [4.78, 5) is 0. The maximum absolute atomic E-state index is 0. The maximum atomic E-state index is 0. The van der Waals surface area contributed by atoms with E-state index in [4.69, 9.17) is 0 Å². The van der Waals surface area contributed by atoms with Crippen LogP contribution in [0.15, 0.2) is 0 Å². The molecule has 0 aromatic rings. The number of hydrogen-bond acceptors (Lipinski definition) is 0. The van der Waals surface area contributed by atoms with Crippen LogP contribution in [0.3, 0.4) is 0 Å². The first-order valence-corrected chi connectivity index (χ1v) is 0. The zero-order valence-electron chi connectivity index (χ0n) is 4.78. The largest absolute Gasteiger partial charge is 0.358 e. The van der Waals surface area contributed by atoms with Crippen LogP contribution in [0.5, 0.6) is 0 Å². The minimum atomic E-state index is 0. The Kier molecular flexibility index (Phi) is 1790. The molecule has 0 fully saturated rings. The molecule has 0 aromatic carbocycles. The van der Waals surface area contributed by atoms with E-state index in [9.17, 15) is 0 Å². The van der Waals surface area contributed by atoms with Crippen molar-refractivity contribution in [3.63, 3.8) is 0 Å². The molecular formula is C4H14STm-4. The molecule has 53 valence electrons. The SMILES string of the molecule is S.[CH3-].[CH3-].[CH3-].[CH3-].[Tm]. The van der Waals surface area contributed by atoms with Crippen LogP contribution in [0.1, 0.15) is 0 Å². The van der Waals surface area contributed by atoms with E-state index in [1.165, 1.54) is 0 Å². The Labute approximate surface area is 79.3 Å². The fourth-order valence-electron chi connectivity index (χ4n) is 0. The van der Waals surface area contributed by atoms with E-state index in [0.717, 1.165) is 0 Å². The molecule has 0 heterocycles. The first-order chi connectivity index (χ1) is 0. The normalized spacial score (nSPS) is 0. The molecule has 0 atom stereocenters. The van der Waals surface area contributed by atoms with Crippen LogP contribution >= 0.6 is 13.5 Å². The number of hydrogen-bond donors (Lipinski definition) is 0. The predicted molar refractivity (Wildman–Crippen MR) is 36.0 cm³/mol. The fraction of sp³-hybridized carbons (Fsp3) is 0. The van der Waals surface area contributed by atoms with Gasteiger partial charge in [0, 0.05) is 36.9 Å². The van der Waals surface area contributed by atoms with Gasteiger partial charge in [-0.15, -0.1) is 0 Å². The zero-order chi connectivity index (χ0) is 0. The molecule has 0 unspecified atom stereocenters. The van der Waals surface area contributed by atoms with Crippen molar-refractivity contribution in [2.24, 2.45) is 0 Å². The van der Waals surface area contributed by atoms with E-state index in [0.29, 0.717) is 0 Å². The molecule has 0 aliphatic rings. The van der Waals surface area contributed by atoms with E-state index in [-0.39, 0.29) is 80.1 Å². The minimum absolute atomic E-state index is 0. The molecule has 0 saturated carbocycles. The van der Waals surface area contributed by atoms with Gasteiger partial charge in [0.2, 0.25) is 0 Å². The summed E-state index contributed by atoms with van der Waals surface area (Å²) in [5, 5.41) is 0. The number of rotatable bonds is 0. The van der Waals surface area contributed by atoms with Crippen LogP contribution in [-0.4, -0.2) is 0 Å². The molecule has 0 rings (SSSR count). The van der Waals surface area contributed by atoms with E-state index in [1.807, 2.05) is 0 Å². The van der Waals surface area contributed by atoms with Gasteiger partial charge in [-0.25, -0.2) is 0 Å². The van der Waals surface area contributed by atoms with Crippen LogP contribution < -0.4 is 0 Å². The van der Waals surface area contributed by atoms with Gasteiger partial charge in [-0.2, -0.15) is 13.5 Å². The third-order valence-electron chi connectivity index (χ3n) is 0. The topological polar surface area (TPSA) is 0 Å².